The Balaban J connectivity index is 1.56. The van der Waals surface area contributed by atoms with E-state index in [2.05, 4.69) is 15.1 Å². The summed E-state index contributed by atoms with van der Waals surface area (Å²) in [7, 11) is 1.84. The Morgan fingerprint density at radius 3 is 2.83 bits per heavy atom. The summed E-state index contributed by atoms with van der Waals surface area (Å²) in [5, 5.41) is 5.58. The molecule has 0 atom stereocenters. The van der Waals surface area contributed by atoms with Crippen molar-refractivity contribution in [1.82, 2.24) is 19.7 Å². The van der Waals surface area contributed by atoms with Crippen LogP contribution in [-0.2, 0) is 11.8 Å². The van der Waals surface area contributed by atoms with Gasteiger partial charge in [0.1, 0.15) is 5.82 Å². The van der Waals surface area contributed by atoms with Crippen molar-refractivity contribution in [3.8, 4) is 0 Å². The molecule has 0 saturated carbocycles. The zero-order valence-electron chi connectivity index (χ0n) is 13.1. The Kier molecular flexibility index (Phi) is 3.57. The van der Waals surface area contributed by atoms with Crippen LogP contribution in [-0.4, -0.2) is 45.3 Å². The fourth-order valence-electron chi connectivity index (χ4n) is 2.84. The van der Waals surface area contributed by atoms with Gasteiger partial charge in [0.05, 0.1) is 23.5 Å². The van der Waals surface area contributed by atoms with Crippen LogP contribution in [0.15, 0.2) is 36.8 Å². The zero-order chi connectivity index (χ0) is 16.7. The number of anilines is 2. The Bertz CT molecular complexity index is 924. The number of rotatable bonds is 2. The molecule has 1 fully saturated rings. The van der Waals surface area contributed by atoms with Crippen molar-refractivity contribution in [3.05, 3.63) is 41.8 Å². The van der Waals surface area contributed by atoms with E-state index in [4.69, 9.17) is 11.6 Å². The first-order chi connectivity index (χ1) is 11.6. The second-order valence-corrected chi connectivity index (χ2v) is 6.15. The standard InChI is InChI=1S/C16H15ClN6O/c1-21-9-13(8-19-21)23-5-4-22(10-15(23)24)14-3-2-11-6-12(17)7-18-16(11)20-14/h2-3,6-9H,4-5,10H2,1H3. The summed E-state index contributed by atoms with van der Waals surface area (Å²) in [5.41, 5.74) is 1.45. The molecular weight excluding hydrogens is 328 g/mol. The van der Waals surface area contributed by atoms with E-state index in [0.717, 1.165) is 16.9 Å². The largest absolute Gasteiger partial charge is 0.345 e. The first kappa shape index (κ1) is 14.9. The number of piperazine rings is 1. The van der Waals surface area contributed by atoms with Crippen LogP contribution in [0.2, 0.25) is 5.02 Å². The van der Waals surface area contributed by atoms with E-state index in [9.17, 15) is 4.79 Å². The molecular formula is C16H15ClN6O. The SMILES string of the molecule is Cn1cc(N2CCN(c3ccc4cc(Cl)cnc4n3)CC2=O)cn1. The highest BCUT2D eigenvalue weighted by molar-refractivity contribution is 6.31. The number of nitrogens with zero attached hydrogens (tertiary/aromatic N) is 6. The molecule has 4 rings (SSSR count). The summed E-state index contributed by atoms with van der Waals surface area (Å²) in [6.45, 7) is 1.58. The number of amides is 1. The Morgan fingerprint density at radius 1 is 1.21 bits per heavy atom. The first-order valence-electron chi connectivity index (χ1n) is 7.56. The smallest absolute Gasteiger partial charge is 0.246 e. The van der Waals surface area contributed by atoms with Crippen LogP contribution >= 0.6 is 11.6 Å². The molecule has 1 aliphatic heterocycles. The molecule has 0 unspecified atom stereocenters. The van der Waals surface area contributed by atoms with E-state index in [1.807, 2.05) is 36.3 Å². The number of hydrogen-bond donors (Lipinski definition) is 0. The molecule has 122 valence electrons. The lowest BCUT2D eigenvalue weighted by Crippen LogP contribution is -2.50. The molecule has 0 radical (unpaired) electrons. The molecule has 0 spiro atoms. The minimum Gasteiger partial charge on any atom is -0.345 e. The lowest BCUT2D eigenvalue weighted by atomic mass is 10.2. The van der Waals surface area contributed by atoms with Crippen molar-refractivity contribution in [1.29, 1.82) is 0 Å². The number of hydrogen-bond acceptors (Lipinski definition) is 5. The van der Waals surface area contributed by atoms with E-state index in [-0.39, 0.29) is 12.5 Å². The van der Waals surface area contributed by atoms with Crippen LogP contribution < -0.4 is 9.80 Å². The summed E-state index contributed by atoms with van der Waals surface area (Å²) in [6, 6.07) is 5.65. The molecule has 0 N–H and O–H groups in total. The summed E-state index contributed by atoms with van der Waals surface area (Å²) < 4.78 is 1.69. The average Bonchev–Trinajstić information content (AvgIpc) is 3.00. The molecule has 4 heterocycles. The number of halogens is 1. The van der Waals surface area contributed by atoms with Crippen molar-refractivity contribution in [3.63, 3.8) is 0 Å². The fraction of sp³-hybridized carbons (Fsp3) is 0.250. The van der Waals surface area contributed by atoms with Gasteiger partial charge in [-0.3, -0.25) is 9.48 Å². The summed E-state index contributed by atoms with van der Waals surface area (Å²) in [5.74, 6) is 0.775. The van der Waals surface area contributed by atoms with Gasteiger partial charge in [0, 0.05) is 37.9 Å². The highest BCUT2D eigenvalue weighted by Crippen LogP contribution is 2.22. The minimum atomic E-state index is 0.0280. The van der Waals surface area contributed by atoms with Crippen molar-refractivity contribution in [2.45, 2.75) is 0 Å². The van der Waals surface area contributed by atoms with Gasteiger partial charge in [-0.1, -0.05) is 11.6 Å². The van der Waals surface area contributed by atoms with Gasteiger partial charge in [0.25, 0.3) is 0 Å². The number of aromatic nitrogens is 4. The number of aryl methyl sites for hydroxylation is 1. The predicted octanol–water partition coefficient (Wildman–Crippen LogP) is 1.87. The van der Waals surface area contributed by atoms with Gasteiger partial charge in [0.2, 0.25) is 5.91 Å². The van der Waals surface area contributed by atoms with Crippen molar-refractivity contribution < 1.29 is 4.79 Å². The Labute approximate surface area is 143 Å². The van der Waals surface area contributed by atoms with Crippen LogP contribution in [0.1, 0.15) is 0 Å². The Hall–Kier alpha value is -2.67. The third-order valence-corrected chi connectivity index (χ3v) is 4.25. The van der Waals surface area contributed by atoms with E-state index in [1.165, 1.54) is 0 Å². The van der Waals surface area contributed by atoms with E-state index in [0.29, 0.717) is 23.8 Å². The van der Waals surface area contributed by atoms with Gasteiger partial charge >= 0.3 is 0 Å². The van der Waals surface area contributed by atoms with Gasteiger partial charge in [-0.15, -0.1) is 0 Å². The second kappa shape index (κ2) is 5.76. The third-order valence-electron chi connectivity index (χ3n) is 4.04. The minimum absolute atomic E-state index is 0.0280. The molecule has 1 saturated heterocycles. The van der Waals surface area contributed by atoms with E-state index < -0.39 is 0 Å². The molecule has 3 aromatic heterocycles. The normalized spacial score (nSPS) is 15.3. The predicted molar refractivity (Wildman–Crippen MR) is 92.3 cm³/mol. The molecule has 3 aromatic rings. The van der Waals surface area contributed by atoms with Gasteiger partial charge in [-0.2, -0.15) is 5.10 Å². The van der Waals surface area contributed by atoms with Gasteiger partial charge in [-0.25, -0.2) is 9.97 Å². The third kappa shape index (κ3) is 2.67. The van der Waals surface area contributed by atoms with Crippen LogP contribution in [0.5, 0.6) is 0 Å². The molecule has 0 aliphatic carbocycles. The zero-order valence-corrected chi connectivity index (χ0v) is 13.8. The quantitative estimate of drug-likeness (QED) is 0.711. The van der Waals surface area contributed by atoms with Crippen LogP contribution in [0.25, 0.3) is 11.0 Å². The van der Waals surface area contributed by atoms with Crippen molar-refractivity contribution in [2.75, 3.05) is 29.4 Å². The molecule has 0 bridgehead atoms. The lowest BCUT2D eigenvalue weighted by Gasteiger charge is -2.34. The highest BCUT2D eigenvalue weighted by Gasteiger charge is 2.26. The first-order valence-corrected chi connectivity index (χ1v) is 7.94. The average molecular weight is 343 g/mol. The number of fused-ring (bicyclic) bond motifs is 1. The molecule has 1 amide bonds. The van der Waals surface area contributed by atoms with Gasteiger partial charge < -0.3 is 9.80 Å². The van der Waals surface area contributed by atoms with Crippen molar-refractivity contribution in [2.24, 2.45) is 7.05 Å². The van der Waals surface area contributed by atoms with Crippen molar-refractivity contribution >= 4 is 40.0 Å². The van der Waals surface area contributed by atoms with Crippen LogP contribution in [0.3, 0.4) is 0 Å². The summed E-state index contributed by atoms with van der Waals surface area (Å²) >= 11 is 5.94. The second-order valence-electron chi connectivity index (χ2n) is 5.71. The molecule has 7 nitrogen and oxygen atoms in total. The summed E-state index contributed by atoms with van der Waals surface area (Å²) in [4.78, 5) is 25.0. The number of pyridine rings is 2. The Morgan fingerprint density at radius 2 is 2.08 bits per heavy atom. The number of carbonyl (C=O) groups is 1. The lowest BCUT2D eigenvalue weighted by molar-refractivity contribution is -0.117. The van der Waals surface area contributed by atoms with Crippen LogP contribution in [0, 0.1) is 0 Å². The van der Waals surface area contributed by atoms with E-state index >= 15 is 0 Å². The highest BCUT2D eigenvalue weighted by atomic mass is 35.5. The maximum Gasteiger partial charge on any atom is 0.246 e. The fourth-order valence-corrected chi connectivity index (χ4v) is 3.01. The van der Waals surface area contributed by atoms with Gasteiger partial charge in [0.15, 0.2) is 5.65 Å². The molecule has 24 heavy (non-hydrogen) atoms. The monoisotopic (exact) mass is 342 g/mol. The molecule has 1 aliphatic rings. The number of carbonyl (C=O) groups excluding carboxylic acids is 1. The molecule has 0 aromatic carbocycles. The van der Waals surface area contributed by atoms with E-state index in [1.54, 1.807) is 22.0 Å². The van der Waals surface area contributed by atoms with Gasteiger partial charge in [-0.05, 0) is 18.2 Å². The molecule has 8 heteroatoms. The summed E-state index contributed by atoms with van der Waals surface area (Å²) in [6.07, 6.45) is 5.12. The topological polar surface area (TPSA) is 67.2 Å². The maximum absolute atomic E-state index is 12.5. The van der Waals surface area contributed by atoms with Crippen LogP contribution in [0.4, 0.5) is 11.5 Å². The maximum atomic E-state index is 12.5.